The summed E-state index contributed by atoms with van der Waals surface area (Å²) in [6.45, 7) is 0.821. The first-order chi connectivity index (χ1) is 17.3. The van der Waals surface area contributed by atoms with Crippen molar-refractivity contribution in [2.75, 3.05) is 44.1 Å². The highest BCUT2D eigenvalue weighted by molar-refractivity contribution is 7.89. The molecule has 0 saturated carbocycles. The first kappa shape index (κ1) is 25.2. The van der Waals surface area contributed by atoms with Gasteiger partial charge in [0.25, 0.3) is 11.8 Å². The number of para-hydroxylation sites is 1. The molecule has 1 heterocycles. The summed E-state index contributed by atoms with van der Waals surface area (Å²) in [5, 5.41) is 2.80. The summed E-state index contributed by atoms with van der Waals surface area (Å²) in [6.07, 6.45) is 0.610. The number of rotatable bonds is 9. The van der Waals surface area contributed by atoms with Crippen molar-refractivity contribution >= 4 is 33.2 Å². The van der Waals surface area contributed by atoms with Gasteiger partial charge in [0.15, 0.2) is 6.61 Å². The Morgan fingerprint density at radius 1 is 1.06 bits per heavy atom. The van der Waals surface area contributed by atoms with Crippen LogP contribution in [-0.2, 0) is 14.8 Å². The fraction of sp³-hybridized carbons (Fsp3) is 0.231. The molecule has 1 aliphatic heterocycles. The molecule has 36 heavy (non-hydrogen) atoms. The van der Waals surface area contributed by atoms with Crippen LogP contribution in [0.15, 0.2) is 77.7 Å². The Morgan fingerprint density at radius 3 is 2.47 bits per heavy atom. The third-order valence-corrected chi connectivity index (χ3v) is 7.42. The van der Waals surface area contributed by atoms with Crippen LogP contribution in [0.25, 0.3) is 0 Å². The molecule has 0 bridgehead atoms. The van der Waals surface area contributed by atoms with Gasteiger partial charge in [-0.05, 0) is 61.0 Å². The zero-order valence-electron chi connectivity index (χ0n) is 20.0. The van der Waals surface area contributed by atoms with Crippen molar-refractivity contribution in [1.29, 1.82) is 0 Å². The van der Waals surface area contributed by atoms with Gasteiger partial charge in [0.2, 0.25) is 10.0 Å². The SMILES string of the molecule is CN(C)S(=O)(=O)c1ccc(C(=O)Nc2ccc3c(c2)N(CCCOc2ccccc2)C(=O)CO3)cc1. The van der Waals surface area contributed by atoms with Crippen molar-refractivity contribution in [3.05, 3.63) is 78.4 Å². The van der Waals surface area contributed by atoms with Gasteiger partial charge < -0.3 is 19.7 Å². The smallest absolute Gasteiger partial charge is 0.265 e. The number of ether oxygens (including phenoxy) is 2. The van der Waals surface area contributed by atoms with Gasteiger partial charge in [-0.15, -0.1) is 0 Å². The van der Waals surface area contributed by atoms with Crippen molar-refractivity contribution in [2.24, 2.45) is 0 Å². The summed E-state index contributed by atoms with van der Waals surface area (Å²) < 4.78 is 36.9. The van der Waals surface area contributed by atoms with Crippen molar-refractivity contribution in [3.8, 4) is 11.5 Å². The molecule has 1 aliphatic rings. The molecular weight excluding hydrogens is 482 g/mol. The highest BCUT2D eigenvalue weighted by atomic mass is 32.2. The second-order valence-corrected chi connectivity index (χ2v) is 10.4. The van der Waals surface area contributed by atoms with Gasteiger partial charge >= 0.3 is 0 Å². The van der Waals surface area contributed by atoms with Gasteiger partial charge in [-0.3, -0.25) is 9.59 Å². The predicted octanol–water partition coefficient (Wildman–Crippen LogP) is 3.38. The molecule has 4 rings (SSSR count). The molecule has 0 saturated heterocycles. The van der Waals surface area contributed by atoms with Gasteiger partial charge in [-0.25, -0.2) is 12.7 Å². The van der Waals surface area contributed by atoms with E-state index in [1.165, 1.54) is 38.4 Å². The summed E-state index contributed by atoms with van der Waals surface area (Å²) in [5.74, 6) is 0.733. The third kappa shape index (κ3) is 5.67. The molecule has 0 spiro atoms. The summed E-state index contributed by atoms with van der Waals surface area (Å²) in [4.78, 5) is 27.1. The molecule has 3 aromatic carbocycles. The quantitative estimate of drug-likeness (QED) is 0.444. The van der Waals surface area contributed by atoms with E-state index in [0.717, 1.165) is 10.1 Å². The van der Waals surface area contributed by atoms with Crippen LogP contribution < -0.4 is 19.7 Å². The Morgan fingerprint density at radius 2 is 1.78 bits per heavy atom. The molecule has 188 valence electrons. The number of hydrogen-bond acceptors (Lipinski definition) is 6. The topological polar surface area (TPSA) is 105 Å². The number of carbonyl (C=O) groups is 2. The minimum Gasteiger partial charge on any atom is -0.494 e. The summed E-state index contributed by atoms with van der Waals surface area (Å²) in [7, 11) is -0.695. The van der Waals surface area contributed by atoms with E-state index in [0.29, 0.717) is 42.3 Å². The molecule has 0 aromatic heterocycles. The lowest BCUT2D eigenvalue weighted by Gasteiger charge is -2.30. The van der Waals surface area contributed by atoms with Gasteiger partial charge in [-0.1, -0.05) is 18.2 Å². The lowest BCUT2D eigenvalue weighted by atomic mass is 10.1. The molecule has 0 atom stereocenters. The average Bonchev–Trinajstić information content (AvgIpc) is 2.88. The van der Waals surface area contributed by atoms with E-state index in [9.17, 15) is 18.0 Å². The number of nitrogens with one attached hydrogen (secondary N) is 1. The lowest BCUT2D eigenvalue weighted by Crippen LogP contribution is -2.39. The van der Waals surface area contributed by atoms with Crippen LogP contribution in [0, 0.1) is 0 Å². The molecule has 10 heteroatoms. The van der Waals surface area contributed by atoms with Gasteiger partial charge in [-0.2, -0.15) is 0 Å². The lowest BCUT2D eigenvalue weighted by molar-refractivity contribution is -0.121. The maximum atomic E-state index is 12.8. The van der Waals surface area contributed by atoms with E-state index < -0.39 is 15.9 Å². The normalized spacial score (nSPS) is 13.2. The number of sulfonamides is 1. The number of anilines is 2. The highest BCUT2D eigenvalue weighted by Crippen LogP contribution is 2.35. The minimum absolute atomic E-state index is 0.0551. The predicted molar refractivity (Wildman–Crippen MR) is 136 cm³/mol. The Hall–Kier alpha value is -3.89. The minimum atomic E-state index is -3.58. The Bertz CT molecular complexity index is 1340. The number of benzene rings is 3. The first-order valence-corrected chi connectivity index (χ1v) is 12.8. The van der Waals surface area contributed by atoms with E-state index in [-0.39, 0.29) is 17.4 Å². The molecule has 0 unspecified atom stereocenters. The van der Waals surface area contributed by atoms with Crippen LogP contribution in [0.4, 0.5) is 11.4 Å². The number of carbonyl (C=O) groups excluding carboxylic acids is 2. The van der Waals surface area contributed by atoms with Crippen molar-refractivity contribution in [3.63, 3.8) is 0 Å². The van der Waals surface area contributed by atoms with Gasteiger partial charge in [0.1, 0.15) is 11.5 Å². The standard InChI is InChI=1S/C26H27N3O6S/c1-28(2)36(32,33)22-12-9-19(10-13-22)26(31)27-20-11-14-24-23(17-20)29(25(30)18-35-24)15-6-16-34-21-7-4-3-5-8-21/h3-5,7-14,17H,6,15-16,18H2,1-2H3,(H,27,31). The second kappa shape index (κ2) is 10.8. The third-order valence-electron chi connectivity index (χ3n) is 5.59. The maximum Gasteiger partial charge on any atom is 0.265 e. The van der Waals surface area contributed by atoms with Gasteiger partial charge in [0.05, 0.1) is 17.2 Å². The molecule has 9 nitrogen and oxygen atoms in total. The van der Waals surface area contributed by atoms with Crippen LogP contribution in [0.5, 0.6) is 11.5 Å². The van der Waals surface area contributed by atoms with Crippen LogP contribution in [0.2, 0.25) is 0 Å². The Labute approximate surface area is 210 Å². The van der Waals surface area contributed by atoms with E-state index in [4.69, 9.17) is 9.47 Å². The van der Waals surface area contributed by atoms with Crippen molar-refractivity contribution < 1.29 is 27.5 Å². The number of hydrogen-bond donors (Lipinski definition) is 1. The fourth-order valence-corrected chi connectivity index (χ4v) is 4.55. The summed E-state index contributed by atoms with van der Waals surface area (Å²) >= 11 is 0. The average molecular weight is 510 g/mol. The van der Waals surface area contributed by atoms with Gasteiger partial charge in [0, 0.05) is 31.9 Å². The zero-order valence-corrected chi connectivity index (χ0v) is 20.8. The first-order valence-electron chi connectivity index (χ1n) is 11.3. The van der Waals surface area contributed by atoms with E-state index in [1.807, 2.05) is 30.3 Å². The molecular formula is C26H27N3O6S. The van der Waals surface area contributed by atoms with Crippen molar-refractivity contribution in [1.82, 2.24) is 4.31 Å². The van der Waals surface area contributed by atoms with E-state index >= 15 is 0 Å². The largest absolute Gasteiger partial charge is 0.494 e. The molecule has 0 aliphatic carbocycles. The van der Waals surface area contributed by atoms with Crippen LogP contribution in [-0.4, -0.2) is 58.4 Å². The van der Waals surface area contributed by atoms with Crippen LogP contribution >= 0.6 is 0 Å². The van der Waals surface area contributed by atoms with E-state index in [1.54, 1.807) is 23.1 Å². The second-order valence-electron chi connectivity index (χ2n) is 8.30. The van der Waals surface area contributed by atoms with Crippen LogP contribution in [0.3, 0.4) is 0 Å². The molecule has 0 fully saturated rings. The summed E-state index contributed by atoms with van der Waals surface area (Å²) in [5.41, 5.74) is 1.34. The fourth-order valence-electron chi connectivity index (χ4n) is 3.65. The number of nitrogens with zero attached hydrogens (tertiary/aromatic N) is 2. The number of fused-ring (bicyclic) bond motifs is 1. The highest BCUT2D eigenvalue weighted by Gasteiger charge is 2.26. The Kier molecular flexibility index (Phi) is 7.56. The molecule has 0 radical (unpaired) electrons. The molecule has 1 N–H and O–H groups in total. The van der Waals surface area contributed by atoms with Crippen LogP contribution in [0.1, 0.15) is 16.8 Å². The Balaban J connectivity index is 1.43. The molecule has 2 amide bonds. The molecule has 3 aromatic rings. The maximum absolute atomic E-state index is 12.8. The zero-order chi connectivity index (χ0) is 25.7. The summed E-state index contributed by atoms with van der Waals surface area (Å²) in [6, 6.07) is 20.2. The number of amides is 2. The monoisotopic (exact) mass is 509 g/mol. The van der Waals surface area contributed by atoms with Crippen molar-refractivity contribution in [2.45, 2.75) is 11.3 Å². The van der Waals surface area contributed by atoms with E-state index in [2.05, 4.69) is 5.32 Å².